The van der Waals surface area contributed by atoms with Gasteiger partial charge in [0.1, 0.15) is 17.4 Å². The minimum absolute atomic E-state index is 0.431. The van der Waals surface area contributed by atoms with Crippen molar-refractivity contribution in [3.8, 4) is 11.5 Å². The number of nitrogens with zero attached hydrogens (tertiary/aromatic N) is 1. The molecule has 0 aromatic heterocycles. The number of rotatable bonds is 7. The van der Waals surface area contributed by atoms with Crippen molar-refractivity contribution in [2.24, 2.45) is 11.0 Å². The van der Waals surface area contributed by atoms with E-state index in [9.17, 15) is 9.59 Å². The van der Waals surface area contributed by atoms with Gasteiger partial charge in [-0.3, -0.25) is 9.59 Å². The maximum absolute atomic E-state index is 12.2. The molecule has 0 radical (unpaired) electrons. The summed E-state index contributed by atoms with van der Waals surface area (Å²) >= 11 is 3.38. The summed E-state index contributed by atoms with van der Waals surface area (Å²) in [6.45, 7) is 1.51. The van der Waals surface area contributed by atoms with E-state index in [1.807, 2.05) is 0 Å². The molecule has 2 N–H and O–H groups in total. The van der Waals surface area contributed by atoms with Gasteiger partial charge in [0.2, 0.25) is 5.91 Å². The van der Waals surface area contributed by atoms with Crippen LogP contribution in [0.15, 0.2) is 52.0 Å². The molecule has 0 aliphatic carbocycles. The van der Waals surface area contributed by atoms with Gasteiger partial charge in [0, 0.05) is 5.69 Å². The summed E-state index contributed by atoms with van der Waals surface area (Å²) in [6, 6.07) is 12.2. The van der Waals surface area contributed by atoms with E-state index < -0.39 is 17.7 Å². The Bertz CT molecular complexity index is 837. The highest BCUT2D eigenvalue weighted by atomic mass is 79.9. The number of amides is 2. The number of nitrogens with one attached hydrogen (secondary N) is 2. The molecule has 142 valence electrons. The molecular formula is C19H20BrN3O4. The number of hydrazone groups is 1. The maximum atomic E-state index is 12.2. The molecule has 2 aromatic carbocycles. The standard InChI is InChI=1S/C19H20BrN3O4/c1-12(18(24)22-14-5-7-15(26-2)8-6-14)19(25)23-21-11-13-4-9-17(27-3)16(20)10-13/h4-12H,1-3H3,(H,22,24)(H,23,25). The second-order valence-electron chi connectivity index (χ2n) is 5.57. The van der Waals surface area contributed by atoms with Gasteiger partial charge < -0.3 is 14.8 Å². The Kier molecular flexibility index (Phi) is 7.36. The number of benzene rings is 2. The molecule has 7 nitrogen and oxygen atoms in total. The zero-order chi connectivity index (χ0) is 19.8. The van der Waals surface area contributed by atoms with Crippen LogP contribution in [0.1, 0.15) is 12.5 Å². The highest BCUT2D eigenvalue weighted by molar-refractivity contribution is 9.10. The third-order valence-electron chi connectivity index (χ3n) is 3.71. The normalized spacial score (nSPS) is 11.7. The van der Waals surface area contributed by atoms with Gasteiger partial charge in [-0.15, -0.1) is 0 Å². The molecule has 2 amide bonds. The highest BCUT2D eigenvalue weighted by Gasteiger charge is 2.21. The van der Waals surface area contributed by atoms with Crippen molar-refractivity contribution in [3.05, 3.63) is 52.5 Å². The summed E-state index contributed by atoms with van der Waals surface area (Å²) in [6.07, 6.45) is 1.48. The smallest absolute Gasteiger partial charge is 0.252 e. The predicted octanol–water partition coefficient (Wildman–Crippen LogP) is 3.19. The van der Waals surface area contributed by atoms with Gasteiger partial charge in [0.25, 0.3) is 5.91 Å². The quantitative estimate of drug-likeness (QED) is 0.398. The number of ether oxygens (including phenoxy) is 2. The Morgan fingerprint density at radius 1 is 1.07 bits per heavy atom. The topological polar surface area (TPSA) is 89.0 Å². The van der Waals surface area contributed by atoms with Gasteiger partial charge in [-0.05, 0) is 70.9 Å². The predicted molar refractivity (Wildman–Crippen MR) is 107 cm³/mol. The van der Waals surface area contributed by atoms with Gasteiger partial charge in [-0.25, -0.2) is 5.43 Å². The summed E-state index contributed by atoms with van der Waals surface area (Å²) in [5.41, 5.74) is 3.71. The van der Waals surface area contributed by atoms with E-state index in [2.05, 4.69) is 31.8 Å². The summed E-state index contributed by atoms with van der Waals surface area (Å²) in [4.78, 5) is 24.3. The fraction of sp³-hybridized carbons (Fsp3) is 0.211. The molecule has 0 aliphatic heterocycles. The molecule has 0 aliphatic rings. The van der Waals surface area contributed by atoms with Crippen molar-refractivity contribution in [1.82, 2.24) is 5.43 Å². The first-order valence-corrected chi connectivity index (χ1v) is 8.85. The van der Waals surface area contributed by atoms with Crippen molar-refractivity contribution in [1.29, 1.82) is 0 Å². The van der Waals surface area contributed by atoms with Crippen molar-refractivity contribution in [3.63, 3.8) is 0 Å². The molecular weight excluding hydrogens is 414 g/mol. The minimum atomic E-state index is -0.910. The lowest BCUT2D eigenvalue weighted by molar-refractivity contribution is -0.131. The van der Waals surface area contributed by atoms with E-state index in [0.29, 0.717) is 17.2 Å². The van der Waals surface area contributed by atoms with Crippen LogP contribution in [0.2, 0.25) is 0 Å². The summed E-state index contributed by atoms with van der Waals surface area (Å²) in [7, 11) is 3.14. The third-order valence-corrected chi connectivity index (χ3v) is 4.33. The first kappa shape index (κ1) is 20.4. The molecule has 1 atom stereocenters. The lowest BCUT2D eigenvalue weighted by Crippen LogP contribution is -2.34. The lowest BCUT2D eigenvalue weighted by atomic mass is 10.1. The van der Waals surface area contributed by atoms with Crippen LogP contribution in [-0.4, -0.2) is 32.2 Å². The van der Waals surface area contributed by atoms with Crippen LogP contribution in [-0.2, 0) is 9.59 Å². The SMILES string of the molecule is COc1ccc(NC(=O)C(C)C(=O)NN=Cc2ccc(OC)c(Br)c2)cc1. The zero-order valence-corrected chi connectivity index (χ0v) is 16.7. The molecule has 1 unspecified atom stereocenters. The van der Waals surface area contributed by atoms with Crippen LogP contribution >= 0.6 is 15.9 Å². The van der Waals surface area contributed by atoms with Crippen molar-refractivity contribution in [2.45, 2.75) is 6.92 Å². The number of anilines is 1. The van der Waals surface area contributed by atoms with E-state index >= 15 is 0 Å². The van der Waals surface area contributed by atoms with Crippen molar-refractivity contribution in [2.75, 3.05) is 19.5 Å². The minimum Gasteiger partial charge on any atom is -0.497 e. The Morgan fingerprint density at radius 3 is 2.37 bits per heavy atom. The lowest BCUT2D eigenvalue weighted by Gasteiger charge is -2.11. The van der Waals surface area contributed by atoms with Crippen molar-refractivity contribution >= 4 is 39.6 Å². The number of hydrogen-bond donors (Lipinski definition) is 2. The first-order chi connectivity index (χ1) is 12.9. The number of halogens is 1. The molecule has 27 heavy (non-hydrogen) atoms. The molecule has 0 fully saturated rings. The highest BCUT2D eigenvalue weighted by Crippen LogP contribution is 2.24. The van der Waals surface area contributed by atoms with E-state index in [4.69, 9.17) is 9.47 Å². The Balaban J connectivity index is 1.90. The van der Waals surface area contributed by atoms with Crippen LogP contribution in [0.25, 0.3) is 0 Å². The summed E-state index contributed by atoms with van der Waals surface area (Å²) in [5.74, 6) is -0.477. The summed E-state index contributed by atoms with van der Waals surface area (Å²) < 4.78 is 11.0. The second-order valence-corrected chi connectivity index (χ2v) is 6.42. The number of carbonyl (C=O) groups excluding carboxylic acids is 2. The van der Waals surface area contributed by atoms with Gasteiger partial charge in [-0.2, -0.15) is 5.10 Å². The summed E-state index contributed by atoms with van der Waals surface area (Å²) in [5, 5.41) is 6.56. The van der Waals surface area contributed by atoms with E-state index in [-0.39, 0.29) is 0 Å². The average Bonchev–Trinajstić information content (AvgIpc) is 2.68. The van der Waals surface area contributed by atoms with Crippen LogP contribution < -0.4 is 20.2 Å². The molecule has 0 saturated carbocycles. The van der Waals surface area contributed by atoms with Gasteiger partial charge in [-0.1, -0.05) is 0 Å². The van der Waals surface area contributed by atoms with Crippen LogP contribution in [0.4, 0.5) is 5.69 Å². The maximum Gasteiger partial charge on any atom is 0.252 e. The third kappa shape index (κ3) is 5.82. The largest absolute Gasteiger partial charge is 0.497 e. The van der Waals surface area contributed by atoms with Gasteiger partial charge in [0.05, 0.1) is 24.9 Å². The fourth-order valence-electron chi connectivity index (χ4n) is 2.07. The second kappa shape index (κ2) is 9.72. The number of methoxy groups -OCH3 is 2. The van der Waals surface area contributed by atoms with Crippen LogP contribution in [0, 0.1) is 5.92 Å². The Morgan fingerprint density at radius 2 is 1.78 bits per heavy atom. The van der Waals surface area contributed by atoms with Gasteiger partial charge in [0.15, 0.2) is 0 Å². The van der Waals surface area contributed by atoms with E-state index in [1.54, 1.807) is 56.7 Å². The van der Waals surface area contributed by atoms with E-state index in [1.165, 1.54) is 13.1 Å². The Labute approximate surface area is 165 Å². The first-order valence-electron chi connectivity index (χ1n) is 8.06. The molecule has 0 saturated heterocycles. The number of carbonyl (C=O) groups is 2. The monoisotopic (exact) mass is 433 g/mol. The van der Waals surface area contributed by atoms with Crippen LogP contribution in [0.5, 0.6) is 11.5 Å². The molecule has 2 aromatic rings. The zero-order valence-electron chi connectivity index (χ0n) is 15.2. The van der Waals surface area contributed by atoms with Crippen molar-refractivity contribution < 1.29 is 19.1 Å². The molecule has 0 heterocycles. The van der Waals surface area contributed by atoms with Crippen LogP contribution in [0.3, 0.4) is 0 Å². The van der Waals surface area contributed by atoms with Gasteiger partial charge >= 0.3 is 0 Å². The number of hydrogen-bond acceptors (Lipinski definition) is 5. The molecule has 0 spiro atoms. The van der Waals surface area contributed by atoms with E-state index in [0.717, 1.165) is 10.0 Å². The molecule has 0 bridgehead atoms. The fourth-order valence-corrected chi connectivity index (χ4v) is 2.63. The average molecular weight is 434 g/mol. The Hall–Kier alpha value is -2.87. The molecule has 8 heteroatoms. The molecule has 2 rings (SSSR count).